The molecule has 3 unspecified atom stereocenters. The van der Waals surface area contributed by atoms with Gasteiger partial charge in [-0.1, -0.05) is 12.2 Å². The summed E-state index contributed by atoms with van der Waals surface area (Å²) in [6.45, 7) is -1.14. The van der Waals surface area contributed by atoms with Crippen molar-refractivity contribution in [2.45, 2.75) is 24.5 Å². The van der Waals surface area contributed by atoms with Crippen molar-refractivity contribution in [2.24, 2.45) is 5.73 Å². The van der Waals surface area contributed by atoms with Crippen LogP contribution >= 0.6 is 23.5 Å². The van der Waals surface area contributed by atoms with Gasteiger partial charge in [-0.2, -0.15) is 0 Å². The van der Waals surface area contributed by atoms with Crippen molar-refractivity contribution in [2.75, 3.05) is 13.2 Å². The summed E-state index contributed by atoms with van der Waals surface area (Å²) in [6.07, 6.45) is -3.51. The molecule has 18 nitrogen and oxygen atoms in total. The van der Waals surface area contributed by atoms with Crippen molar-refractivity contribution < 1.29 is 180 Å². The largest absolute Gasteiger partial charge is 1.00 e. The predicted octanol–water partition coefficient (Wildman–Crippen LogP) is -17.0. The van der Waals surface area contributed by atoms with E-state index in [4.69, 9.17) is 10.5 Å². The van der Waals surface area contributed by atoms with E-state index in [1.807, 2.05) is 4.98 Å². The van der Waals surface area contributed by atoms with Gasteiger partial charge in [-0.3, -0.25) is 27.8 Å². The third kappa shape index (κ3) is 14.1. The number of aliphatic hydroxyl groups excluding tert-OH is 2. The standard InChI is InChI=1S/C12H20N3O15P3.4Na/c13-3-1-2-6-4-15(12(19)14-10(6)18)11-9(17)8(16)7(28-11)5-27-32(23,24)30-33(25,26)29-31(20,21)22;;;;/h1-2,4,7-9,11,16-17H,3,5,13H2,(H,23,24)(H,25,26)(H,14,18,19)(H2,20,21,22);;;;/q;4*+1/p-4/b2-1+;;;;/t7-,8+,9?,11-;;;;/m1..../s1. The number of aromatic nitrogens is 2. The van der Waals surface area contributed by atoms with Gasteiger partial charge >= 0.3 is 124 Å². The molecule has 1 aromatic heterocycles. The molecule has 0 spiro atoms. The smallest absolute Gasteiger partial charge is 0.790 e. The molecule has 5 N–H and O–H groups in total. The summed E-state index contributed by atoms with van der Waals surface area (Å²) in [4.78, 5) is 69.2. The summed E-state index contributed by atoms with van der Waals surface area (Å²) in [5.74, 6) is 0. The first-order valence-electron chi connectivity index (χ1n) is 8.50. The van der Waals surface area contributed by atoms with Crippen LogP contribution in [0.1, 0.15) is 11.8 Å². The van der Waals surface area contributed by atoms with Crippen LogP contribution in [-0.2, 0) is 31.6 Å². The van der Waals surface area contributed by atoms with E-state index in [0.29, 0.717) is 4.57 Å². The Labute approximate surface area is 296 Å². The van der Waals surface area contributed by atoms with Crippen LogP contribution in [0.15, 0.2) is 21.9 Å². The molecule has 188 valence electrons. The molecule has 6 atom stereocenters. The average molecular weight is 627 g/mol. The van der Waals surface area contributed by atoms with Gasteiger partial charge in [-0.05, 0) is 0 Å². The summed E-state index contributed by atoms with van der Waals surface area (Å²) >= 11 is 0. The summed E-state index contributed by atoms with van der Waals surface area (Å²) in [5.41, 5.74) is 3.34. The average Bonchev–Trinajstić information content (AvgIpc) is 2.91. The zero-order valence-corrected chi connectivity index (χ0v) is 30.7. The predicted molar refractivity (Wildman–Crippen MR) is 96.3 cm³/mol. The molecular formula is C12H16N3Na4O15P3. The van der Waals surface area contributed by atoms with Crippen LogP contribution in [0.2, 0.25) is 0 Å². The summed E-state index contributed by atoms with van der Waals surface area (Å²) < 4.78 is 49.4. The molecule has 0 amide bonds. The SMILES string of the molecule is NC/C=C/c1cn([C@@H]2O[C@H](COP(=O)([O-])OP(=O)([O-])OP(=O)([O-])[O-])[C@H](O)C2O)c(=O)[nH]c1=O.[Na+].[Na+].[Na+].[Na+]. The molecule has 1 aliphatic rings. The van der Waals surface area contributed by atoms with E-state index in [1.165, 1.54) is 12.2 Å². The van der Waals surface area contributed by atoms with E-state index in [0.717, 1.165) is 6.20 Å². The third-order valence-electron chi connectivity index (χ3n) is 3.84. The summed E-state index contributed by atoms with van der Waals surface area (Å²) in [5, 5.41) is 20.2. The first-order valence-corrected chi connectivity index (χ1v) is 12.9. The maximum atomic E-state index is 12.1. The van der Waals surface area contributed by atoms with Gasteiger partial charge in [0, 0.05) is 12.7 Å². The molecule has 2 heterocycles. The van der Waals surface area contributed by atoms with Crippen molar-refractivity contribution >= 4 is 29.5 Å². The fraction of sp³-hybridized carbons (Fsp3) is 0.500. The zero-order chi connectivity index (χ0) is 25.2. The number of phosphoric ester groups is 1. The van der Waals surface area contributed by atoms with Gasteiger partial charge in [0.25, 0.3) is 21.2 Å². The van der Waals surface area contributed by atoms with Crippen LogP contribution in [0.5, 0.6) is 0 Å². The van der Waals surface area contributed by atoms with Gasteiger partial charge in [0.2, 0.25) is 0 Å². The minimum Gasteiger partial charge on any atom is -0.790 e. The number of H-pyrrole nitrogens is 1. The Morgan fingerprint density at radius 3 is 2.11 bits per heavy atom. The number of hydrogen-bond donors (Lipinski definition) is 4. The molecule has 0 aliphatic carbocycles. The van der Waals surface area contributed by atoms with Crippen LogP contribution in [0, 0.1) is 0 Å². The molecular weight excluding hydrogens is 611 g/mol. The second-order valence-corrected chi connectivity index (χ2v) is 10.5. The van der Waals surface area contributed by atoms with Crippen LogP contribution in [-0.4, -0.2) is 51.2 Å². The summed E-state index contributed by atoms with van der Waals surface area (Å²) in [6, 6.07) is 0. The number of nitrogens with zero attached hydrogens (tertiary/aromatic N) is 1. The molecule has 1 aliphatic heterocycles. The van der Waals surface area contributed by atoms with Gasteiger partial charge in [0.1, 0.15) is 18.3 Å². The van der Waals surface area contributed by atoms with E-state index in [9.17, 15) is 53.1 Å². The number of phosphoric acid groups is 3. The summed E-state index contributed by atoms with van der Waals surface area (Å²) in [7, 11) is -18.3. The Bertz CT molecular complexity index is 1160. The van der Waals surface area contributed by atoms with Crippen LogP contribution < -0.4 is 155 Å². The Balaban J connectivity index is -0.00000289. The van der Waals surface area contributed by atoms with Crippen molar-refractivity contribution in [3.63, 3.8) is 0 Å². The number of ether oxygens (including phenoxy) is 1. The quantitative estimate of drug-likeness (QED) is 0.138. The number of rotatable bonds is 10. The van der Waals surface area contributed by atoms with E-state index in [1.54, 1.807) is 0 Å². The third-order valence-corrected chi connectivity index (χ3v) is 7.50. The zero-order valence-electron chi connectivity index (χ0n) is 20.0. The van der Waals surface area contributed by atoms with Crippen LogP contribution in [0.25, 0.3) is 6.08 Å². The number of nitrogens with two attached hydrogens (primary N) is 1. The van der Waals surface area contributed by atoms with Crippen molar-refractivity contribution in [3.05, 3.63) is 38.7 Å². The van der Waals surface area contributed by atoms with Gasteiger partial charge in [-0.25, -0.2) is 9.11 Å². The molecule has 0 bridgehead atoms. The van der Waals surface area contributed by atoms with Gasteiger partial charge in [0.15, 0.2) is 6.23 Å². The first kappa shape index (κ1) is 44.1. The fourth-order valence-corrected chi connectivity index (χ4v) is 5.41. The molecule has 2 rings (SSSR count). The Hall–Kier alpha value is 2.67. The van der Waals surface area contributed by atoms with E-state index < -0.39 is 65.9 Å². The molecule has 1 saturated heterocycles. The molecule has 0 saturated carbocycles. The normalized spacial score (nSPS) is 24.5. The van der Waals surface area contributed by atoms with E-state index in [2.05, 4.69) is 13.1 Å². The number of aliphatic hydroxyl groups is 2. The van der Waals surface area contributed by atoms with E-state index in [-0.39, 0.29) is 130 Å². The molecule has 25 heteroatoms. The monoisotopic (exact) mass is 627 g/mol. The minimum absolute atomic E-state index is 0. The second kappa shape index (κ2) is 18.4. The molecule has 1 fully saturated rings. The van der Waals surface area contributed by atoms with Gasteiger partial charge in [0.05, 0.1) is 20.0 Å². The van der Waals surface area contributed by atoms with Crippen LogP contribution in [0.3, 0.4) is 0 Å². The fourth-order valence-electron chi connectivity index (χ4n) is 2.55. The molecule has 0 radical (unpaired) electrons. The molecule has 0 aromatic carbocycles. The first-order chi connectivity index (χ1) is 15.1. The maximum Gasteiger partial charge on any atom is 1.00 e. The number of nitrogens with one attached hydrogen (secondary N) is 1. The Morgan fingerprint density at radius 1 is 1.03 bits per heavy atom. The Morgan fingerprint density at radius 2 is 1.59 bits per heavy atom. The molecule has 1 aromatic rings. The van der Waals surface area contributed by atoms with Gasteiger partial charge in [-0.15, -0.1) is 0 Å². The van der Waals surface area contributed by atoms with Crippen molar-refractivity contribution in [1.82, 2.24) is 9.55 Å². The molecule has 37 heavy (non-hydrogen) atoms. The van der Waals surface area contributed by atoms with Crippen LogP contribution in [0.4, 0.5) is 0 Å². The maximum absolute atomic E-state index is 12.1. The Kier molecular flexibility index (Phi) is 21.9. The second-order valence-electron chi connectivity index (χ2n) is 6.24. The topological polar surface area (TPSA) is 302 Å². The van der Waals surface area contributed by atoms with Crippen molar-refractivity contribution in [1.29, 1.82) is 0 Å². The minimum atomic E-state index is -6.20. The number of aromatic amines is 1. The van der Waals surface area contributed by atoms with Crippen molar-refractivity contribution in [3.8, 4) is 0 Å². The van der Waals surface area contributed by atoms with E-state index >= 15 is 0 Å². The van der Waals surface area contributed by atoms with Gasteiger partial charge < -0.3 is 49.3 Å². The number of hydrogen-bond acceptors (Lipinski definition) is 16.